The highest BCUT2D eigenvalue weighted by atomic mass is 127. The van der Waals surface area contributed by atoms with Gasteiger partial charge in [-0.2, -0.15) is 0 Å². The third kappa shape index (κ3) is 6.95. The Labute approximate surface area is 178 Å². The maximum absolute atomic E-state index is 12.3. The van der Waals surface area contributed by atoms with Crippen LogP contribution in [0.5, 0.6) is 0 Å². The van der Waals surface area contributed by atoms with Gasteiger partial charge in [-0.3, -0.25) is 9.79 Å². The van der Waals surface area contributed by atoms with Crippen LogP contribution in [0.25, 0.3) is 0 Å². The molecule has 1 fully saturated rings. The van der Waals surface area contributed by atoms with Gasteiger partial charge in [-0.05, 0) is 31.9 Å². The van der Waals surface area contributed by atoms with Crippen LogP contribution >= 0.6 is 24.0 Å². The average molecular weight is 509 g/mol. The van der Waals surface area contributed by atoms with Gasteiger partial charge in [-0.15, -0.1) is 24.0 Å². The summed E-state index contributed by atoms with van der Waals surface area (Å²) in [7, 11) is -1.65. The second-order valence-corrected chi connectivity index (χ2v) is 8.23. The average Bonchev–Trinajstić information content (AvgIpc) is 2.66. The lowest BCUT2D eigenvalue weighted by molar-refractivity contribution is -0.149. The van der Waals surface area contributed by atoms with Crippen molar-refractivity contribution in [1.29, 1.82) is 0 Å². The summed E-state index contributed by atoms with van der Waals surface area (Å²) >= 11 is 0. The first-order valence-corrected chi connectivity index (χ1v) is 10.5. The van der Waals surface area contributed by atoms with E-state index in [4.69, 9.17) is 4.74 Å². The lowest BCUT2D eigenvalue weighted by atomic mass is 9.97. The predicted molar refractivity (Wildman–Crippen MR) is 116 cm³/mol. The van der Waals surface area contributed by atoms with Crippen LogP contribution in [0.15, 0.2) is 40.2 Å². The molecule has 27 heavy (non-hydrogen) atoms. The molecule has 1 aliphatic heterocycles. The molecule has 0 aromatic heterocycles. The minimum Gasteiger partial charge on any atom is -0.466 e. The number of guanidine groups is 1. The van der Waals surface area contributed by atoms with Crippen molar-refractivity contribution in [2.24, 2.45) is 10.9 Å². The number of esters is 1. The molecule has 0 aliphatic carbocycles. The Morgan fingerprint density at radius 3 is 2.44 bits per heavy atom. The van der Waals surface area contributed by atoms with E-state index in [9.17, 15) is 13.2 Å². The van der Waals surface area contributed by atoms with Crippen LogP contribution in [-0.4, -0.2) is 64.3 Å². The van der Waals surface area contributed by atoms with Gasteiger partial charge >= 0.3 is 5.97 Å². The molecule has 0 atom stereocenters. The van der Waals surface area contributed by atoms with E-state index in [-0.39, 0.29) is 48.2 Å². The Morgan fingerprint density at radius 1 is 1.26 bits per heavy atom. The van der Waals surface area contributed by atoms with E-state index in [0.717, 1.165) is 0 Å². The number of nitrogens with zero attached hydrogens (tertiary/aromatic N) is 2. The number of hydrogen-bond donors (Lipinski definition) is 1. The highest BCUT2D eigenvalue weighted by molar-refractivity contribution is 14.0. The molecule has 9 heteroatoms. The smallest absolute Gasteiger partial charge is 0.309 e. The number of benzene rings is 1. The highest BCUT2D eigenvalue weighted by Gasteiger charge is 2.27. The van der Waals surface area contributed by atoms with E-state index in [2.05, 4.69) is 10.3 Å². The molecule has 0 amide bonds. The van der Waals surface area contributed by atoms with Crippen LogP contribution in [0.4, 0.5) is 0 Å². The minimum absolute atomic E-state index is 0. The van der Waals surface area contributed by atoms with Gasteiger partial charge in [0, 0.05) is 26.7 Å². The second kappa shape index (κ2) is 11.5. The number of nitrogens with one attached hydrogen (secondary N) is 1. The summed E-state index contributed by atoms with van der Waals surface area (Å²) in [5.41, 5.74) is 0. The zero-order valence-corrected chi connectivity index (χ0v) is 18.9. The van der Waals surface area contributed by atoms with Crippen molar-refractivity contribution in [1.82, 2.24) is 10.2 Å². The lowest BCUT2D eigenvalue weighted by Crippen LogP contribution is -2.47. The van der Waals surface area contributed by atoms with Crippen molar-refractivity contribution in [3.05, 3.63) is 30.3 Å². The maximum atomic E-state index is 12.3. The van der Waals surface area contributed by atoms with Gasteiger partial charge in [-0.1, -0.05) is 18.2 Å². The number of carbonyl (C=O) groups excluding carboxylic acids is 1. The number of ether oxygens (including phenoxy) is 1. The lowest BCUT2D eigenvalue weighted by Gasteiger charge is -2.33. The van der Waals surface area contributed by atoms with Gasteiger partial charge in [0.05, 0.1) is 23.2 Å². The number of aliphatic imine (C=N–C) groups is 1. The summed E-state index contributed by atoms with van der Waals surface area (Å²) in [6, 6.07) is 8.42. The quantitative estimate of drug-likeness (QED) is 0.273. The molecule has 0 bridgehead atoms. The topological polar surface area (TPSA) is 88.1 Å². The fourth-order valence-corrected chi connectivity index (χ4v) is 4.14. The molecule has 1 aromatic carbocycles. The first-order valence-electron chi connectivity index (χ1n) is 8.88. The molecule has 152 valence electrons. The predicted octanol–water partition coefficient (Wildman–Crippen LogP) is 1.93. The first-order chi connectivity index (χ1) is 12.5. The summed E-state index contributed by atoms with van der Waals surface area (Å²) < 4.78 is 29.7. The third-order valence-electron chi connectivity index (χ3n) is 4.38. The molecule has 1 heterocycles. The van der Waals surface area contributed by atoms with Crippen LogP contribution in [0.3, 0.4) is 0 Å². The molecule has 7 nitrogen and oxygen atoms in total. The molecule has 1 saturated heterocycles. The Bertz CT molecular complexity index is 717. The minimum atomic E-state index is -3.32. The summed E-state index contributed by atoms with van der Waals surface area (Å²) in [5.74, 6) is 0.456. The monoisotopic (exact) mass is 509 g/mol. The molecule has 0 spiro atoms. The van der Waals surface area contributed by atoms with Gasteiger partial charge in [0.1, 0.15) is 0 Å². The van der Waals surface area contributed by atoms with Crippen molar-refractivity contribution < 1.29 is 17.9 Å². The Balaban J connectivity index is 0.00000364. The molecule has 0 unspecified atom stereocenters. The number of piperidine rings is 1. The van der Waals surface area contributed by atoms with Crippen LogP contribution < -0.4 is 5.32 Å². The highest BCUT2D eigenvalue weighted by Crippen LogP contribution is 2.18. The van der Waals surface area contributed by atoms with E-state index in [1.54, 1.807) is 37.4 Å². The molecule has 1 aromatic rings. The number of rotatable bonds is 6. The molecular weight excluding hydrogens is 481 g/mol. The molecule has 1 N–H and O–H groups in total. The number of halogens is 1. The van der Waals surface area contributed by atoms with E-state index in [1.807, 2.05) is 11.8 Å². The number of sulfone groups is 1. The van der Waals surface area contributed by atoms with Gasteiger partial charge in [0.15, 0.2) is 15.8 Å². The Kier molecular flexibility index (Phi) is 10.1. The second-order valence-electron chi connectivity index (χ2n) is 6.12. The number of carbonyl (C=O) groups is 1. The molecule has 0 saturated carbocycles. The third-order valence-corrected chi connectivity index (χ3v) is 6.11. The molecular formula is C18H28IN3O4S. The fourth-order valence-electron chi connectivity index (χ4n) is 2.96. The van der Waals surface area contributed by atoms with E-state index < -0.39 is 9.84 Å². The summed E-state index contributed by atoms with van der Waals surface area (Å²) in [5, 5.41) is 3.11. The number of likely N-dealkylation sites (tertiary alicyclic amines) is 1. The van der Waals surface area contributed by atoms with Crippen molar-refractivity contribution >= 4 is 45.7 Å². The van der Waals surface area contributed by atoms with Crippen LogP contribution in [0, 0.1) is 5.92 Å². The molecule has 1 aliphatic rings. The largest absolute Gasteiger partial charge is 0.466 e. The van der Waals surface area contributed by atoms with Crippen LogP contribution in [-0.2, 0) is 19.4 Å². The van der Waals surface area contributed by atoms with Gasteiger partial charge in [-0.25, -0.2) is 8.42 Å². The number of hydrogen-bond acceptors (Lipinski definition) is 5. The molecule has 2 rings (SSSR count). The van der Waals surface area contributed by atoms with Crippen molar-refractivity contribution in [3.8, 4) is 0 Å². The SMILES string of the molecule is CCOC(=O)C1CCN(C(=NC)NCCS(=O)(=O)c2ccccc2)CC1.I. The zero-order chi connectivity index (χ0) is 19.0. The fraction of sp³-hybridized carbons (Fsp3) is 0.556. The molecule has 0 radical (unpaired) electrons. The summed E-state index contributed by atoms with van der Waals surface area (Å²) in [4.78, 5) is 18.4. The maximum Gasteiger partial charge on any atom is 0.309 e. The van der Waals surface area contributed by atoms with Gasteiger partial charge < -0.3 is 15.0 Å². The first kappa shape index (κ1) is 23.7. The van der Waals surface area contributed by atoms with Crippen LogP contribution in [0.2, 0.25) is 0 Å². The van der Waals surface area contributed by atoms with Crippen molar-refractivity contribution in [2.45, 2.75) is 24.7 Å². The van der Waals surface area contributed by atoms with Crippen molar-refractivity contribution in [3.63, 3.8) is 0 Å². The standard InChI is InChI=1S/C18H27N3O4S.HI/c1-3-25-17(22)15-9-12-21(13-10-15)18(19-2)20-11-14-26(23,24)16-7-5-4-6-8-16;/h4-8,15H,3,9-14H2,1-2H3,(H,19,20);1H. The summed E-state index contributed by atoms with van der Waals surface area (Å²) in [6.45, 7) is 3.87. The van der Waals surface area contributed by atoms with Gasteiger partial charge in [0.25, 0.3) is 0 Å². The zero-order valence-electron chi connectivity index (χ0n) is 15.8. The summed E-state index contributed by atoms with van der Waals surface area (Å²) in [6.07, 6.45) is 1.42. The Morgan fingerprint density at radius 2 is 1.89 bits per heavy atom. The Hall–Kier alpha value is -1.36. The normalized spacial score (nSPS) is 15.8. The van der Waals surface area contributed by atoms with Gasteiger partial charge in [0.2, 0.25) is 0 Å². The van der Waals surface area contributed by atoms with Crippen molar-refractivity contribution in [2.75, 3.05) is 39.0 Å². The van der Waals surface area contributed by atoms with Crippen LogP contribution in [0.1, 0.15) is 19.8 Å². The van der Waals surface area contributed by atoms with E-state index in [1.165, 1.54) is 0 Å². The van der Waals surface area contributed by atoms with E-state index >= 15 is 0 Å². The van der Waals surface area contributed by atoms with E-state index in [0.29, 0.717) is 43.4 Å².